The molecule has 9 aromatic rings. The van der Waals surface area contributed by atoms with Crippen molar-refractivity contribution in [3.8, 4) is 28.0 Å². The Labute approximate surface area is 298 Å². The van der Waals surface area contributed by atoms with E-state index in [0.29, 0.717) is 5.75 Å². The highest BCUT2D eigenvalue weighted by Crippen LogP contribution is 2.46. The number of rotatable bonds is 2. The van der Waals surface area contributed by atoms with Gasteiger partial charge >= 0.3 is 0 Å². The molecule has 50 heavy (non-hydrogen) atoms. The number of hydrogen-bond donors (Lipinski definition) is 1. The molecule has 0 saturated heterocycles. The Hall–Kier alpha value is -5.21. The smallest absolute Gasteiger partial charge is 0.143 e. The van der Waals surface area contributed by atoms with Crippen LogP contribution in [0.15, 0.2) is 109 Å². The van der Waals surface area contributed by atoms with Crippen LogP contribution in [0.1, 0.15) is 0 Å². The lowest BCUT2D eigenvalue weighted by Gasteiger charge is -2.27. The first-order valence-corrected chi connectivity index (χ1v) is 17.7. The summed E-state index contributed by atoms with van der Waals surface area (Å²) < 4.78 is 0. The zero-order chi connectivity index (χ0) is 34.6. The minimum Gasteiger partial charge on any atom is -0.508 e. The Morgan fingerprint density at radius 1 is 0.340 bits per heavy atom. The van der Waals surface area contributed by atoms with Crippen LogP contribution in [0, 0.1) is 0 Å². The Morgan fingerprint density at radius 3 is 1.56 bits per heavy atom. The molecule has 0 aliphatic carbocycles. The summed E-state index contributed by atoms with van der Waals surface area (Å²) >= 11 is 0. The number of aromatic hydroxyl groups is 1. The summed E-state index contributed by atoms with van der Waals surface area (Å²) in [6.45, 7) is 0. The van der Waals surface area contributed by atoms with Gasteiger partial charge in [-0.05, 0) is 94.1 Å². The molecule has 0 fully saturated rings. The second kappa shape index (κ2) is 11.2. The number of fused-ring (bicyclic) bond motifs is 7. The van der Waals surface area contributed by atoms with Crippen molar-refractivity contribution < 1.29 is 5.11 Å². The highest BCUT2D eigenvalue weighted by molar-refractivity contribution is 6.69. The molecule has 8 heteroatoms. The summed E-state index contributed by atoms with van der Waals surface area (Å²) in [5.41, 5.74) is 13.1. The third-order valence-electron chi connectivity index (χ3n) is 12.1. The highest BCUT2D eigenvalue weighted by Gasteiger charge is 2.27. The van der Waals surface area contributed by atoms with Gasteiger partial charge in [0.05, 0.1) is 0 Å². The van der Waals surface area contributed by atoms with E-state index >= 15 is 0 Å². The maximum Gasteiger partial charge on any atom is 0.143 e. The number of hydrogen-bond acceptors (Lipinski definition) is 1. The Bertz CT molecular complexity index is 2890. The van der Waals surface area contributed by atoms with E-state index < -0.39 is 0 Å². The van der Waals surface area contributed by atoms with E-state index in [1.54, 1.807) is 0 Å². The van der Waals surface area contributed by atoms with E-state index in [1.807, 2.05) is 0 Å². The van der Waals surface area contributed by atoms with E-state index in [4.69, 9.17) is 0 Å². The summed E-state index contributed by atoms with van der Waals surface area (Å²) in [5.74, 6) is 0.376. The quantitative estimate of drug-likeness (QED) is 0.155. The monoisotopic (exact) mass is 630 g/mol. The molecule has 9 rings (SSSR count). The molecule has 228 valence electrons. The summed E-state index contributed by atoms with van der Waals surface area (Å²) in [7, 11) is 15.6. The topological polar surface area (TPSA) is 20.2 Å². The van der Waals surface area contributed by atoms with Gasteiger partial charge in [0.1, 0.15) is 60.7 Å². The van der Waals surface area contributed by atoms with E-state index in [2.05, 4.69) is 164 Å². The SMILES string of the molecule is Bc1c(B)c(B)c2c(-c3cccc4c3ccc3cc5ccccc5cc34)c3c(O)c(B)c(B)c(B)c3c(-c3ccc4ccccc4c3)c2c1B. The van der Waals surface area contributed by atoms with E-state index in [-0.39, 0.29) is 0 Å². The largest absolute Gasteiger partial charge is 0.508 e. The van der Waals surface area contributed by atoms with Crippen LogP contribution < -0.4 is 38.2 Å². The van der Waals surface area contributed by atoms with Crippen molar-refractivity contribution in [3.05, 3.63) is 109 Å². The molecule has 0 aromatic heterocycles. The van der Waals surface area contributed by atoms with E-state index in [0.717, 1.165) is 32.8 Å². The van der Waals surface area contributed by atoms with Crippen LogP contribution in [-0.2, 0) is 0 Å². The van der Waals surface area contributed by atoms with Gasteiger partial charge in [0.2, 0.25) is 0 Å². The van der Waals surface area contributed by atoms with Crippen molar-refractivity contribution in [2.45, 2.75) is 0 Å². The van der Waals surface area contributed by atoms with Gasteiger partial charge < -0.3 is 5.11 Å². The molecule has 9 aromatic carbocycles. The zero-order valence-electron chi connectivity index (χ0n) is 29.8. The number of phenolic OH excluding ortho intramolecular Hbond substituents is 1. The lowest BCUT2D eigenvalue weighted by Crippen LogP contribution is -2.48. The van der Waals surface area contributed by atoms with Gasteiger partial charge in [-0.2, -0.15) is 0 Å². The van der Waals surface area contributed by atoms with Crippen LogP contribution in [0.3, 0.4) is 0 Å². The molecule has 0 amide bonds. The molecular formula is C42H33B7O. The standard InChI is InChI=1S/C42H33B7O/c43-35-31-29(24-13-12-19-6-1-2-7-20(19)17-24)32-34(42(50)41(49)40(48)36(32)44)30(33(31)37(45)39(47)38(35)46)27-11-5-10-25-26(27)15-14-23-16-21-8-3-4-9-22(21)18-28(23)25/h1-18,50H,43-49H2. The first-order chi connectivity index (χ1) is 24.2. The van der Waals surface area contributed by atoms with Gasteiger partial charge in [-0.15, -0.1) is 10.9 Å². The Balaban J connectivity index is 1.54. The fourth-order valence-electron chi connectivity index (χ4n) is 8.79. The molecule has 0 bridgehead atoms. The van der Waals surface area contributed by atoms with Gasteiger partial charge in [-0.3, -0.25) is 0 Å². The van der Waals surface area contributed by atoms with Gasteiger partial charge in [0.15, 0.2) is 0 Å². The second-order valence-electron chi connectivity index (χ2n) is 14.4. The lowest BCUT2D eigenvalue weighted by atomic mass is 9.61. The summed E-state index contributed by atoms with van der Waals surface area (Å²) in [4.78, 5) is 0. The zero-order valence-corrected chi connectivity index (χ0v) is 29.8. The van der Waals surface area contributed by atoms with Crippen LogP contribution >= 0.6 is 0 Å². The predicted molar refractivity (Wildman–Crippen MR) is 241 cm³/mol. The molecule has 0 radical (unpaired) electrons. The minimum atomic E-state index is 0.376. The average Bonchev–Trinajstić information content (AvgIpc) is 3.15. The molecule has 0 aliphatic heterocycles. The van der Waals surface area contributed by atoms with Crippen LogP contribution in [0.25, 0.3) is 86.9 Å². The average molecular weight is 629 g/mol. The molecule has 0 heterocycles. The minimum absolute atomic E-state index is 0.376. The molecule has 1 nitrogen and oxygen atoms in total. The summed E-state index contributed by atoms with van der Waals surface area (Å²) in [6.07, 6.45) is 0. The molecule has 0 spiro atoms. The fourth-order valence-corrected chi connectivity index (χ4v) is 8.79. The van der Waals surface area contributed by atoms with Crippen molar-refractivity contribution in [1.29, 1.82) is 0 Å². The van der Waals surface area contributed by atoms with Crippen molar-refractivity contribution in [2.24, 2.45) is 0 Å². The lowest BCUT2D eigenvalue weighted by molar-refractivity contribution is 0.486. The van der Waals surface area contributed by atoms with Gasteiger partial charge in [-0.1, -0.05) is 118 Å². The van der Waals surface area contributed by atoms with Crippen LogP contribution in [0.5, 0.6) is 5.75 Å². The maximum atomic E-state index is 12.5. The van der Waals surface area contributed by atoms with Gasteiger partial charge in [0, 0.05) is 10.9 Å². The Kier molecular flexibility index (Phi) is 6.88. The summed E-state index contributed by atoms with van der Waals surface area (Å²) in [6, 6.07) is 40.0. The van der Waals surface area contributed by atoms with Crippen molar-refractivity contribution in [2.75, 3.05) is 0 Å². The molecule has 0 unspecified atom stereocenters. The number of phenols is 1. The molecule has 1 N–H and O–H groups in total. The van der Waals surface area contributed by atoms with E-state index in [9.17, 15) is 5.11 Å². The van der Waals surface area contributed by atoms with Crippen molar-refractivity contribution in [3.63, 3.8) is 0 Å². The highest BCUT2D eigenvalue weighted by atomic mass is 16.3. The van der Waals surface area contributed by atoms with Crippen molar-refractivity contribution >= 4 is 158 Å². The first-order valence-electron chi connectivity index (χ1n) is 17.7. The van der Waals surface area contributed by atoms with Crippen LogP contribution in [0.4, 0.5) is 0 Å². The molecular weight excluding hydrogens is 596 g/mol. The molecule has 0 atom stereocenters. The molecule has 0 aliphatic rings. The van der Waals surface area contributed by atoms with Gasteiger partial charge in [0.25, 0.3) is 0 Å². The fraction of sp³-hybridized carbons (Fsp3) is 0. The Morgan fingerprint density at radius 2 is 0.880 bits per heavy atom. The number of benzene rings is 9. The van der Waals surface area contributed by atoms with Crippen molar-refractivity contribution in [1.82, 2.24) is 0 Å². The van der Waals surface area contributed by atoms with Crippen LogP contribution in [0.2, 0.25) is 0 Å². The maximum absolute atomic E-state index is 12.5. The normalized spacial score (nSPS) is 11.8. The van der Waals surface area contributed by atoms with Gasteiger partial charge in [-0.25, -0.2) is 0 Å². The second-order valence-corrected chi connectivity index (χ2v) is 14.4. The first kappa shape index (κ1) is 30.8. The van der Waals surface area contributed by atoms with E-state index in [1.165, 1.54) is 92.3 Å². The summed E-state index contributed by atoms with van der Waals surface area (Å²) in [5, 5.41) is 26.9. The predicted octanol–water partition coefficient (Wildman–Crippen LogP) is -0.546. The third-order valence-corrected chi connectivity index (χ3v) is 12.1. The van der Waals surface area contributed by atoms with Crippen LogP contribution in [-0.4, -0.2) is 60.0 Å². The third kappa shape index (κ3) is 4.24. The molecule has 0 saturated carbocycles.